The molecular formula is C26H39F3N6O. The number of hydrogen-bond acceptors (Lipinski definition) is 6. The van der Waals surface area contributed by atoms with Gasteiger partial charge in [-0.15, -0.1) is 0 Å². The lowest BCUT2D eigenvalue weighted by Crippen LogP contribution is -2.45. The monoisotopic (exact) mass is 508 g/mol. The van der Waals surface area contributed by atoms with Crippen LogP contribution in [0.2, 0.25) is 0 Å². The molecule has 0 spiro atoms. The van der Waals surface area contributed by atoms with E-state index in [9.17, 15) is 18.3 Å². The maximum atomic E-state index is 12.6. The van der Waals surface area contributed by atoms with Gasteiger partial charge in [0, 0.05) is 63.1 Å². The summed E-state index contributed by atoms with van der Waals surface area (Å²) in [5.41, 5.74) is 2.08. The molecule has 1 aliphatic heterocycles. The largest absolute Gasteiger partial charge is 0.393 e. The lowest BCUT2D eigenvalue weighted by atomic mass is 9.78. The molecule has 0 atom stereocenters. The first-order valence-corrected chi connectivity index (χ1v) is 13.6. The number of nitrogens with one attached hydrogen (secondary N) is 2. The molecule has 0 unspecified atom stereocenters. The van der Waals surface area contributed by atoms with Crippen molar-refractivity contribution in [1.82, 2.24) is 24.8 Å². The van der Waals surface area contributed by atoms with Crippen LogP contribution in [0.3, 0.4) is 0 Å². The molecule has 200 valence electrons. The molecule has 2 aromatic heterocycles. The number of anilines is 1. The van der Waals surface area contributed by atoms with Crippen molar-refractivity contribution < 1.29 is 18.3 Å². The number of fused-ring (bicyclic) bond motifs is 1. The predicted octanol–water partition coefficient (Wildman–Crippen LogP) is 4.45. The van der Waals surface area contributed by atoms with E-state index in [1.54, 1.807) is 6.20 Å². The minimum atomic E-state index is -4.21. The van der Waals surface area contributed by atoms with Crippen LogP contribution in [0.15, 0.2) is 12.4 Å². The minimum absolute atomic E-state index is 0.241. The Balaban J connectivity index is 1.32. The Morgan fingerprint density at radius 1 is 1.03 bits per heavy atom. The molecule has 1 saturated heterocycles. The molecule has 3 fully saturated rings. The Kier molecular flexibility index (Phi) is 8.02. The van der Waals surface area contributed by atoms with Crippen LogP contribution < -0.4 is 10.6 Å². The van der Waals surface area contributed by atoms with Gasteiger partial charge in [-0.25, -0.2) is 4.98 Å². The highest BCUT2D eigenvalue weighted by molar-refractivity contribution is 5.81. The Morgan fingerprint density at radius 3 is 2.44 bits per heavy atom. The van der Waals surface area contributed by atoms with Gasteiger partial charge in [0.1, 0.15) is 5.65 Å². The topological polar surface area (TPSA) is 78.2 Å². The molecule has 0 radical (unpaired) electrons. The number of halogens is 3. The van der Waals surface area contributed by atoms with Crippen LogP contribution >= 0.6 is 0 Å². The first-order chi connectivity index (χ1) is 17.4. The van der Waals surface area contributed by atoms with Crippen molar-refractivity contribution in [3.8, 4) is 0 Å². The Labute approximate surface area is 210 Å². The lowest BCUT2D eigenvalue weighted by Gasteiger charge is -2.34. The van der Waals surface area contributed by atoms with Crippen LogP contribution in [-0.2, 0) is 0 Å². The molecule has 3 N–H and O–H groups in total. The third-order valence-corrected chi connectivity index (χ3v) is 8.37. The van der Waals surface area contributed by atoms with Gasteiger partial charge >= 0.3 is 6.18 Å². The van der Waals surface area contributed by atoms with E-state index in [1.165, 1.54) is 24.9 Å². The van der Waals surface area contributed by atoms with E-state index < -0.39 is 12.6 Å². The number of piperazine rings is 1. The molecule has 10 heteroatoms. The maximum absolute atomic E-state index is 12.6. The second-order valence-electron chi connectivity index (χ2n) is 10.9. The molecule has 5 rings (SSSR count). The molecule has 2 aromatic rings. The maximum Gasteiger partial charge on any atom is 0.390 e. The number of aliphatic hydroxyl groups is 1. The van der Waals surface area contributed by atoms with Crippen molar-refractivity contribution in [1.29, 1.82) is 0 Å². The van der Waals surface area contributed by atoms with Gasteiger partial charge in [-0.05, 0) is 68.8 Å². The zero-order valence-corrected chi connectivity index (χ0v) is 20.9. The highest BCUT2D eigenvalue weighted by Crippen LogP contribution is 2.41. The SMILES string of the molecule is O[C@H]1CC[C@H](n2cc([C@H]3CC[C@@H](CN4CCNCC4)CC3)c3cnc(NCCC(F)(F)F)nc32)CC1. The summed E-state index contributed by atoms with van der Waals surface area (Å²) < 4.78 is 40.0. The van der Waals surface area contributed by atoms with Crippen LogP contribution in [-0.4, -0.2) is 76.1 Å². The van der Waals surface area contributed by atoms with E-state index in [4.69, 9.17) is 4.98 Å². The van der Waals surface area contributed by atoms with E-state index in [1.807, 2.05) is 0 Å². The van der Waals surface area contributed by atoms with Crippen LogP contribution in [0.5, 0.6) is 0 Å². The summed E-state index contributed by atoms with van der Waals surface area (Å²) in [5.74, 6) is 1.44. The van der Waals surface area contributed by atoms with Crippen LogP contribution in [0.25, 0.3) is 11.0 Å². The molecule has 2 aliphatic carbocycles. The van der Waals surface area contributed by atoms with Gasteiger partial charge in [0.15, 0.2) is 0 Å². The fourth-order valence-electron chi connectivity index (χ4n) is 6.31. The zero-order valence-electron chi connectivity index (χ0n) is 20.9. The number of hydrogen-bond donors (Lipinski definition) is 3. The van der Waals surface area contributed by atoms with Crippen molar-refractivity contribution in [2.75, 3.05) is 44.6 Å². The average Bonchev–Trinajstić information content (AvgIpc) is 3.24. The molecular weight excluding hydrogens is 469 g/mol. The van der Waals surface area contributed by atoms with Gasteiger partial charge in [0.05, 0.1) is 12.5 Å². The zero-order chi connectivity index (χ0) is 25.1. The van der Waals surface area contributed by atoms with Crippen molar-refractivity contribution in [2.45, 2.75) is 82.0 Å². The van der Waals surface area contributed by atoms with Crippen LogP contribution in [0.4, 0.5) is 19.1 Å². The Bertz CT molecular complexity index is 989. The molecule has 36 heavy (non-hydrogen) atoms. The van der Waals surface area contributed by atoms with Crippen LogP contribution in [0.1, 0.15) is 75.3 Å². The Morgan fingerprint density at radius 2 is 1.75 bits per heavy atom. The van der Waals surface area contributed by atoms with Crippen LogP contribution in [0, 0.1) is 5.92 Å². The summed E-state index contributed by atoms with van der Waals surface area (Å²) in [6, 6.07) is 0.242. The summed E-state index contributed by atoms with van der Waals surface area (Å²) >= 11 is 0. The molecule has 0 bridgehead atoms. The van der Waals surface area contributed by atoms with Crippen molar-refractivity contribution >= 4 is 17.0 Å². The summed E-state index contributed by atoms with van der Waals surface area (Å²) in [5, 5.41) is 17.2. The number of nitrogens with zero attached hydrogens (tertiary/aromatic N) is 4. The summed E-state index contributed by atoms with van der Waals surface area (Å²) in [6.07, 6.45) is 6.66. The average molecular weight is 509 g/mol. The molecule has 3 aliphatic rings. The Hall–Kier alpha value is -1.91. The molecule has 3 heterocycles. The van der Waals surface area contributed by atoms with E-state index in [2.05, 4.69) is 31.3 Å². The van der Waals surface area contributed by atoms with E-state index in [-0.39, 0.29) is 24.6 Å². The third-order valence-electron chi connectivity index (χ3n) is 8.37. The highest BCUT2D eigenvalue weighted by atomic mass is 19.4. The van der Waals surface area contributed by atoms with E-state index >= 15 is 0 Å². The van der Waals surface area contributed by atoms with Crippen molar-refractivity contribution in [3.63, 3.8) is 0 Å². The van der Waals surface area contributed by atoms with E-state index in [0.29, 0.717) is 5.92 Å². The van der Waals surface area contributed by atoms with E-state index in [0.717, 1.165) is 81.7 Å². The second-order valence-corrected chi connectivity index (χ2v) is 10.9. The third kappa shape index (κ3) is 6.31. The summed E-state index contributed by atoms with van der Waals surface area (Å²) in [6.45, 7) is 5.40. The van der Waals surface area contributed by atoms with Gasteiger partial charge in [0.2, 0.25) is 5.95 Å². The molecule has 7 nitrogen and oxygen atoms in total. The fourth-order valence-corrected chi connectivity index (χ4v) is 6.31. The summed E-state index contributed by atoms with van der Waals surface area (Å²) in [7, 11) is 0. The fraction of sp³-hybridized carbons (Fsp3) is 0.769. The van der Waals surface area contributed by atoms with Gasteiger partial charge in [0.25, 0.3) is 0 Å². The van der Waals surface area contributed by atoms with Gasteiger partial charge in [-0.3, -0.25) is 0 Å². The van der Waals surface area contributed by atoms with Crippen molar-refractivity contribution in [3.05, 3.63) is 18.0 Å². The van der Waals surface area contributed by atoms with Gasteiger partial charge in [-0.1, -0.05) is 0 Å². The molecule has 2 saturated carbocycles. The van der Waals surface area contributed by atoms with Gasteiger partial charge in [-0.2, -0.15) is 18.2 Å². The lowest BCUT2D eigenvalue weighted by molar-refractivity contribution is -0.131. The number of aliphatic hydroxyl groups excluding tert-OH is 1. The minimum Gasteiger partial charge on any atom is -0.393 e. The molecule has 0 amide bonds. The number of rotatable bonds is 7. The second kappa shape index (κ2) is 11.2. The van der Waals surface area contributed by atoms with Gasteiger partial charge < -0.3 is 25.2 Å². The normalized spacial score (nSPS) is 28.4. The number of aromatic nitrogens is 3. The van der Waals surface area contributed by atoms with Crippen molar-refractivity contribution in [2.24, 2.45) is 5.92 Å². The predicted molar refractivity (Wildman–Crippen MR) is 134 cm³/mol. The first kappa shape index (κ1) is 25.7. The first-order valence-electron chi connectivity index (χ1n) is 13.6. The number of alkyl halides is 3. The summed E-state index contributed by atoms with van der Waals surface area (Å²) in [4.78, 5) is 11.7. The molecule has 0 aromatic carbocycles. The standard InChI is InChI=1S/C26H39F3N6O/c27-26(28,29)9-10-31-25-32-15-22-23(17-35(24(22)33-25)20-5-7-21(36)8-6-20)19-3-1-18(2-4-19)16-34-13-11-30-12-14-34/h15,17-21,30,36H,1-14,16H2,(H,31,32,33)/t18-,19+,20-,21-. The quantitative estimate of drug-likeness (QED) is 0.513. The highest BCUT2D eigenvalue weighted by Gasteiger charge is 2.30. The smallest absolute Gasteiger partial charge is 0.390 e.